The van der Waals surface area contributed by atoms with Crippen LogP contribution in [0.2, 0.25) is 0 Å². The van der Waals surface area contributed by atoms with Gasteiger partial charge in [-0.15, -0.1) is 0 Å². The summed E-state index contributed by atoms with van der Waals surface area (Å²) in [5.74, 6) is 1.87. The van der Waals surface area contributed by atoms with Crippen molar-refractivity contribution in [3.8, 4) is 5.75 Å². The maximum Gasteiger partial charge on any atom is 0.146 e. The number of benzene rings is 1. The monoisotopic (exact) mass is 204 g/mol. The van der Waals surface area contributed by atoms with Gasteiger partial charge in [0, 0.05) is 7.05 Å². The number of hydrogen-bond donors (Lipinski definition) is 0. The number of fused-ring (bicyclic) bond motifs is 1. The summed E-state index contributed by atoms with van der Waals surface area (Å²) in [5, 5.41) is 0. The topological polar surface area (TPSA) is 27.1 Å². The number of aryl methyl sites for hydroxylation is 4. The minimum atomic E-state index is 0.858. The summed E-state index contributed by atoms with van der Waals surface area (Å²) in [6, 6.07) is 2.05. The minimum Gasteiger partial charge on any atom is -0.494 e. The number of imidazole rings is 1. The number of ether oxygens (including phenoxy) is 1. The van der Waals surface area contributed by atoms with Crippen molar-refractivity contribution in [2.24, 2.45) is 7.05 Å². The molecule has 0 aliphatic heterocycles. The maximum atomic E-state index is 5.36. The van der Waals surface area contributed by atoms with Gasteiger partial charge in [-0.25, -0.2) is 4.98 Å². The molecule has 1 aromatic heterocycles. The summed E-state index contributed by atoms with van der Waals surface area (Å²) in [5.41, 5.74) is 4.64. The molecule has 0 bridgehead atoms. The lowest BCUT2D eigenvalue weighted by Crippen LogP contribution is -1.95. The normalized spacial score (nSPS) is 11.0. The molecule has 2 aromatic rings. The average Bonchev–Trinajstić information content (AvgIpc) is 2.50. The predicted molar refractivity (Wildman–Crippen MR) is 61.5 cm³/mol. The Kier molecular flexibility index (Phi) is 2.18. The maximum absolute atomic E-state index is 5.36. The molecular formula is C12H16N2O. The van der Waals surface area contributed by atoms with E-state index in [1.165, 1.54) is 16.6 Å². The third-order valence-electron chi connectivity index (χ3n) is 3.07. The molecule has 0 amide bonds. The summed E-state index contributed by atoms with van der Waals surface area (Å²) in [4.78, 5) is 4.52. The van der Waals surface area contributed by atoms with E-state index in [-0.39, 0.29) is 0 Å². The molecule has 15 heavy (non-hydrogen) atoms. The first-order valence-electron chi connectivity index (χ1n) is 5.03. The third kappa shape index (κ3) is 1.30. The van der Waals surface area contributed by atoms with Gasteiger partial charge in [0.1, 0.15) is 17.1 Å². The van der Waals surface area contributed by atoms with Crippen LogP contribution in [0.15, 0.2) is 6.07 Å². The van der Waals surface area contributed by atoms with E-state index in [0.717, 1.165) is 17.1 Å². The van der Waals surface area contributed by atoms with Crippen molar-refractivity contribution in [2.45, 2.75) is 20.8 Å². The second kappa shape index (κ2) is 3.26. The highest BCUT2D eigenvalue weighted by Crippen LogP contribution is 2.30. The van der Waals surface area contributed by atoms with Crippen LogP contribution in [0.25, 0.3) is 11.0 Å². The van der Waals surface area contributed by atoms with Gasteiger partial charge in [-0.1, -0.05) is 0 Å². The van der Waals surface area contributed by atoms with Gasteiger partial charge >= 0.3 is 0 Å². The van der Waals surface area contributed by atoms with E-state index in [0.29, 0.717) is 0 Å². The summed E-state index contributed by atoms with van der Waals surface area (Å²) in [6.45, 7) is 6.23. The zero-order valence-corrected chi connectivity index (χ0v) is 9.88. The molecule has 1 heterocycles. The van der Waals surface area contributed by atoms with Crippen molar-refractivity contribution < 1.29 is 4.74 Å². The molecule has 0 fully saturated rings. The van der Waals surface area contributed by atoms with Crippen LogP contribution >= 0.6 is 0 Å². The lowest BCUT2D eigenvalue weighted by Gasteiger charge is -2.08. The summed E-state index contributed by atoms with van der Waals surface area (Å²) in [7, 11) is 3.73. The summed E-state index contributed by atoms with van der Waals surface area (Å²) >= 11 is 0. The van der Waals surface area contributed by atoms with Crippen molar-refractivity contribution >= 4 is 11.0 Å². The molecule has 0 spiro atoms. The van der Waals surface area contributed by atoms with Crippen LogP contribution in [0.3, 0.4) is 0 Å². The Balaban J connectivity index is 2.96. The highest BCUT2D eigenvalue weighted by atomic mass is 16.5. The molecule has 0 unspecified atom stereocenters. The molecule has 0 N–H and O–H groups in total. The number of nitrogens with zero attached hydrogens (tertiary/aromatic N) is 2. The summed E-state index contributed by atoms with van der Waals surface area (Å²) < 4.78 is 7.47. The molecule has 3 heteroatoms. The van der Waals surface area contributed by atoms with Crippen LogP contribution in [0, 0.1) is 20.8 Å². The predicted octanol–water partition coefficient (Wildman–Crippen LogP) is 2.51. The standard InChI is InChI=1S/C12H16N2O/c1-7-6-10(15-5)11-12(8(7)2)14(4)9(3)13-11/h6H,1-5H3. The van der Waals surface area contributed by atoms with E-state index in [1.807, 2.05) is 20.0 Å². The summed E-state index contributed by atoms with van der Waals surface area (Å²) in [6.07, 6.45) is 0. The Morgan fingerprint density at radius 1 is 1.27 bits per heavy atom. The van der Waals surface area contributed by atoms with Gasteiger partial charge in [0.15, 0.2) is 0 Å². The Bertz CT molecular complexity index is 526. The Morgan fingerprint density at radius 2 is 1.93 bits per heavy atom. The quantitative estimate of drug-likeness (QED) is 0.713. The number of aromatic nitrogens is 2. The first-order valence-corrected chi connectivity index (χ1v) is 5.03. The minimum absolute atomic E-state index is 0.858. The van der Waals surface area contributed by atoms with Crippen molar-refractivity contribution in [1.29, 1.82) is 0 Å². The first kappa shape index (κ1) is 10.0. The second-order valence-electron chi connectivity index (χ2n) is 3.94. The van der Waals surface area contributed by atoms with Gasteiger partial charge in [-0.2, -0.15) is 0 Å². The van der Waals surface area contributed by atoms with Crippen LogP contribution in [-0.2, 0) is 7.05 Å². The Morgan fingerprint density at radius 3 is 2.53 bits per heavy atom. The smallest absolute Gasteiger partial charge is 0.146 e. The largest absolute Gasteiger partial charge is 0.494 e. The van der Waals surface area contributed by atoms with Crippen molar-refractivity contribution in [1.82, 2.24) is 9.55 Å². The van der Waals surface area contributed by atoms with E-state index < -0.39 is 0 Å². The molecule has 80 valence electrons. The van der Waals surface area contributed by atoms with E-state index in [4.69, 9.17) is 4.74 Å². The van der Waals surface area contributed by atoms with Gasteiger partial charge in [0.25, 0.3) is 0 Å². The first-order chi connectivity index (χ1) is 7.06. The lowest BCUT2D eigenvalue weighted by molar-refractivity contribution is 0.418. The number of rotatable bonds is 1. The lowest BCUT2D eigenvalue weighted by atomic mass is 10.1. The molecular weight excluding hydrogens is 188 g/mol. The molecule has 0 radical (unpaired) electrons. The van der Waals surface area contributed by atoms with Gasteiger partial charge in [-0.3, -0.25) is 0 Å². The van der Waals surface area contributed by atoms with Gasteiger partial charge < -0.3 is 9.30 Å². The molecule has 1 aromatic carbocycles. The van der Waals surface area contributed by atoms with Crippen LogP contribution in [0.1, 0.15) is 17.0 Å². The van der Waals surface area contributed by atoms with Crippen LogP contribution in [-0.4, -0.2) is 16.7 Å². The van der Waals surface area contributed by atoms with Crippen LogP contribution < -0.4 is 4.74 Å². The zero-order chi connectivity index (χ0) is 11.2. The Hall–Kier alpha value is -1.51. The van der Waals surface area contributed by atoms with Crippen molar-refractivity contribution in [2.75, 3.05) is 7.11 Å². The van der Waals surface area contributed by atoms with E-state index in [9.17, 15) is 0 Å². The molecule has 0 aliphatic carbocycles. The van der Waals surface area contributed by atoms with E-state index >= 15 is 0 Å². The number of hydrogen-bond acceptors (Lipinski definition) is 2. The molecule has 3 nitrogen and oxygen atoms in total. The van der Waals surface area contributed by atoms with Gasteiger partial charge in [0.2, 0.25) is 0 Å². The van der Waals surface area contributed by atoms with Crippen LogP contribution in [0.4, 0.5) is 0 Å². The highest BCUT2D eigenvalue weighted by Gasteiger charge is 2.13. The van der Waals surface area contributed by atoms with Crippen molar-refractivity contribution in [3.05, 3.63) is 23.0 Å². The SMILES string of the molecule is COc1cc(C)c(C)c2c1nc(C)n2C. The Labute approximate surface area is 89.7 Å². The molecule has 0 aliphatic rings. The fraction of sp³-hybridized carbons (Fsp3) is 0.417. The molecule has 0 saturated heterocycles. The van der Waals surface area contributed by atoms with Crippen LogP contribution in [0.5, 0.6) is 5.75 Å². The fourth-order valence-electron chi connectivity index (χ4n) is 1.93. The second-order valence-corrected chi connectivity index (χ2v) is 3.94. The average molecular weight is 204 g/mol. The van der Waals surface area contributed by atoms with E-state index in [1.54, 1.807) is 7.11 Å². The van der Waals surface area contributed by atoms with Crippen molar-refractivity contribution in [3.63, 3.8) is 0 Å². The van der Waals surface area contributed by atoms with Gasteiger partial charge in [0.05, 0.1) is 12.6 Å². The molecule has 2 rings (SSSR count). The zero-order valence-electron chi connectivity index (χ0n) is 9.88. The van der Waals surface area contributed by atoms with Gasteiger partial charge in [-0.05, 0) is 38.0 Å². The molecule has 0 saturated carbocycles. The number of methoxy groups -OCH3 is 1. The fourth-order valence-corrected chi connectivity index (χ4v) is 1.93. The highest BCUT2D eigenvalue weighted by molar-refractivity contribution is 5.86. The van der Waals surface area contributed by atoms with E-state index in [2.05, 4.69) is 23.4 Å². The third-order valence-corrected chi connectivity index (χ3v) is 3.07. The molecule has 0 atom stereocenters.